The molecular weight excluding hydrogens is 743 g/mol. The van der Waals surface area contributed by atoms with E-state index in [9.17, 15) is 19.2 Å². The lowest BCUT2D eigenvalue weighted by atomic mass is 10.2. The molecule has 0 saturated heterocycles. The Morgan fingerprint density at radius 3 is 1.17 bits per heavy atom. The van der Waals surface area contributed by atoms with E-state index in [1.54, 1.807) is 20.8 Å². The second-order valence-corrected chi connectivity index (χ2v) is 17.4. The first-order chi connectivity index (χ1) is 20.3. The maximum atomic E-state index is 11.6. The number of nitrogens with two attached hydrogens (primary N) is 2. The Bertz CT molecular complexity index is 807. The minimum atomic E-state index is -4.94. The van der Waals surface area contributed by atoms with Crippen LogP contribution in [-0.4, -0.2) is 81.9 Å². The zero-order chi connectivity index (χ0) is 37.7. The van der Waals surface area contributed by atoms with E-state index >= 15 is 0 Å². The highest BCUT2D eigenvalue weighted by atomic mass is 35.7. The number of hydrogen-bond donors (Lipinski definition) is 4. The van der Waals surface area contributed by atoms with Crippen LogP contribution in [0, 0.1) is 20.5 Å². The van der Waals surface area contributed by atoms with Gasteiger partial charge in [0.2, 0.25) is 0 Å². The first-order valence-corrected chi connectivity index (χ1v) is 20.1. The van der Waals surface area contributed by atoms with Gasteiger partial charge < -0.3 is 32.4 Å². The number of rotatable bonds is 14. The van der Waals surface area contributed by atoms with Gasteiger partial charge in [-0.05, 0) is 48.5 Å². The van der Waals surface area contributed by atoms with Crippen molar-refractivity contribution >= 4 is 66.7 Å². The van der Waals surface area contributed by atoms with Gasteiger partial charge >= 0.3 is 11.9 Å². The molecule has 276 valence electrons. The lowest BCUT2D eigenvalue weighted by molar-refractivity contribution is -2.00. The third kappa shape index (κ3) is 50.6. The molecule has 46 heavy (non-hydrogen) atoms. The number of quaternary nitrogens is 2. The van der Waals surface area contributed by atoms with Gasteiger partial charge in [-0.3, -0.25) is 14.4 Å². The van der Waals surface area contributed by atoms with E-state index in [0.717, 1.165) is 0 Å². The fourth-order valence-corrected chi connectivity index (χ4v) is 6.40. The third-order valence-electron chi connectivity index (χ3n) is 3.75. The summed E-state index contributed by atoms with van der Waals surface area (Å²) < 4.78 is 78.3. The van der Waals surface area contributed by atoms with E-state index in [1.807, 2.05) is 20.8 Å². The molecule has 0 aliphatic carbocycles. The van der Waals surface area contributed by atoms with Crippen LogP contribution in [-0.2, 0) is 28.7 Å². The molecular formula is C22H46Cl2N4O14S4. The van der Waals surface area contributed by atoms with Crippen molar-refractivity contribution in [1.82, 2.24) is 0 Å². The molecule has 24 heteroatoms. The van der Waals surface area contributed by atoms with E-state index < -0.39 is 49.7 Å². The number of Topliss-reactive ketones (excluding diaryl/α,β-unsaturated/α-hetero) is 2. The summed E-state index contributed by atoms with van der Waals surface area (Å²) in [4.78, 5) is 45.0. The average molecular weight is 790 g/mol. The summed E-state index contributed by atoms with van der Waals surface area (Å²) in [6.07, 6.45) is 0. The van der Waals surface area contributed by atoms with E-state index in [2.05, 4.69) is 11.5 Å². The quantitative estimate of drug-likeness (QED) is 0.0721. The van der Waals surface area contributed by atoms with Crippen molar-refractivity contribution in [3.05, 3.63) is 0 Å². The number of carbonyl (C=O) groups excluding carboxylic acids is 4. The Hall–Kier alpha value is -0.220. The molecule has 0 aliphatic rings. The maximum absolute atomic E-state index is 11.6. The smallest absolute Gasteiger partial charge is 0.366 e. The van der Waals surface area contributed by atoms with Gasteiger partial charge in [0.1, 0.15) is 23.0 Å². The molecule has 0 radical (unpaired) electrons. The summed E-state index contributed by atoms with van der Waals surface area (Å²) in [6.45, 7) is 13.9. The monoisotopic (exact) mass is 788 g/mol. The van der Waals surface area contributed by atoms with Crippen LogP contribution in [0.2, 0.25) is 0 Å². The number of carbonyl (C=O) groups is 4. The van der Waals surface area contributed by atoms with Gasteiger partial charge in [-0.25, -0.2) is 42.1 Å². The molecule has 0 aromatic heterocycles. The van der Waals surface area contributed by atoms with Gasteiger partial charge in [-0.15, -0.1) is 20.5 Å². The standard InChI is InChI=1S/2C11H22N2O3S2.2ClHO4/c2*1-7(14)8(12)5-17-18-6-9(13)10(15)16-11(2,3)4;2*2-1(3,4)5/h2*8-9H,5-6,12-13H2,1-4H3;2*(H,2,3,4,5)/t2*8-,9-;;/m00../s1. The summed E-state index contributed by atoms with van der Waals surface area (Å²) in [5.41, 5.74) is 17.8. The minimum absolute atomic E-state index is 0.0421. The summed E-state index contributed by atoms with van der Waals surface area (Å²) >= 11 is 0. The molecule has 18 nitrogen and oxygen atoms in total. The Morgan fingerprint density at radius 2 is 0.870 bits per heavy atom. The molecule has 0 unspecified atom stereocenters. The van der Waals surface area contributed by atoms with E-state index in [-0.39, 0.29) is 29.6 Å². The highest BCUT2D eigenvalue weighted by molar-refractivity contribution is 8.77. The van der Waals surface area contributed by atoms with E-state index in [1.165, 1.54) is 57.0 Å². The second kappa shape index (κ2) is 25.7. The zero-order valence-corrected chi connectivity index (χ0v) is 31.6. The van der Waals surface area contributed by atoms with Crippen LogP contribution in [0.4, 0.5) is 0 Å². The predicted molar refractivity (Wildman–Crippen MR) is 152 cm³/mol. The molecule has 0 saturated carbocycles. The molecule has 0 amide bonds. The zero-order valence-electron chi connectivity index (χ0n) is 26.8. The van der Waals surface area contributed by atoms with E-state index in [4.69, 9.17) is 58.2 Å². The Kier molecular flexibility index (Phi) is 29.4. The van der Waals surface area contributed by atoms with E-state index in [0.29, 0.717) is 23.0 Å². The van der Waals surface area contributed by atoms with Crippen molar-refractivity contribution in [2.24, 2.45) is 11.5 Å². The summed E-state index contributed by atoms with van der Waals surface area (Å²) in [7, 11) is -3.97. The average Bonchev–Trinajstić information content (AvgIpc) is 2.79. The third-order valence-corrected chi connectivity index (χ3v) is 8.78. The van der Waals surface area contributed by atoms with Crippen molar-refractivity contribution in [2.75, 3.05) is 23.0 Å². The van der Waals surface area contributed by atoms with Gasteiger partial charge in [0.15, 0.2) is 17.9 Å². The molecule has 0 spiro atoms. The molecule has 0 rings (SSSR count). The predicted octanol–water partition coefficient (Wildman–Crippen LogP) is -9.04. The topological polar surface area (TPSA) is 379 Å². The molecule has 4 atom stereocenters. The normalized spacial score (nSPS) is 14.3. The summed E-state index contributed by atoms with van der Waals surface area (Å²) in [6, 6.07) is -1.69. The van der Waals surface area contributed by atoms with Crippen LogP contribution >= 0.6 is 43.2 Å². The van der Waals surface area contributed by atoms with Crippen LogP contribution in [0.25, 0.3) is 0 Å². The van der Waals surface area contributed by atoms with Crippen molar-refractivity contribution in [3.63, 3.8) is 0 Å². The van der Waals surface area contributed by atoms with Gasteiger partial charge in [0, 0.05) is 18.4 Å². The van der Waals surface area contributed by atoms with Crippen LogP contribution in [0.5, 0.6) is 0 Å². The SMILES string of the molecule is CC(=O)[C@@H](N)CSSC[C@H](N)C(=O)OC(C)(C)C.CC(=O)[C@@H]([NH3+])CSSC[C@H]([NH3+])C(=O)OC(C)(C)C.[O-][Cl+3]([O-])([O-])[O-].[O-][Cl+3]([O-])([O-])[O-]. The number of halogens is 2. The summed E-state index contributed by atoms with van der Waals surface area (Å²) in [5, 5.41) is 0. The van der Waals surface area contributed by atoms with Crippen LogP contribution in [0.1, 0.15) is 55.4 Å². The summed E-state index contributed by atoms with van der Waals surface area (Å²) in [5.74, 6) is 1.52. The number of ether oxygens (including phenoxy) is 2. The molecule has 0 aromatic carbocycles. The number of hydrogen-bond acceptors (Lipinski definition) is 20. The fourth-order valence-electron chi connectivity index (χ4n) is 1.64. The highest BCUT2D eigenvalue weighted by Crippen LogP contribution is 2.23. The largest absolute Gasteiger partial charge is 0.459 e. The lowest BCUT2D eigenvalue weighted by Crippen LogP contribution is -2.68. The molecule has 0 aromatic rings. The first-order valence-electron chi connectivity index (χ1n) is 12.6. The molecule has 0 aliphatic heterocycles. The second-order valence-electron chi connectivity index (χ2n) is 10.8. The van der Waals surface area contributed by atoms with Gasteiger partial charge in [-0.1, -0.05) is 43.2 Å². The highest BCUT2D eigenvalue weighted by Gasteiger charge is 2.25. The molecule has 10 N–H and O–H groups in total. The van der Waals surface area contributed by atoms with Gasteiger partial charge in [0.25, 0.3) is 0 Å². The minimum Gasteiger partial charge on any atom is -0.459 e. The lowest BCUT2D eigenvalue weighted by Gasteiger charge is -2.21. The van der Waals surface area contributed by atoms with Gasteiger partial charge in [0.05, 0.1) is 17.5 Å². The number of ketones is 2. The Labute approximate surface area is 288 Å². The van der Waals surface area contributed by atoms with Crippen molar-refractivity contribution in [1.29, 1.82) is 0 Å². The Balaban J connectivity index is -0.000000296. The van der Waals surface area contributed by atoms with Crippen LogP contribution in [0.3, 0.4) is 0 Å². The molecule has 0 heterocycles. The Morgan fingerprint density at radius 1 is 0.587 bits per heavy atom. The molecule has 0 bridgehead atoms. The van der Waals surface area contributed by atoms with Crippen LogP contribution < -0.4 is 60.2 Å². The van der Waals surface area contributed by atoms with Crippen molar-refractivity contribution in [3.8, 4) is 0 Å². The first kappa shape index (κ1) is 52.6. The van der Waals surface area contributed by atoms with Crippen molar-refractivity contribution < 1.29 is 97.9 Å². The number of esters is 2. The van der Waals surface area contributed by atoms with Gasteiger partial charge in [-0.2, -0.15) is 0 Å². The fraction of sp³-hybridized carbons (Fsp3) is 0.818. The molecule has 0 fully saturated rings. The maximum Gasteiger partial charge on any atom is 0.366 e. The van der Waals surface area contributed by atoms with Crippen LogP contribution in [0.15, 0.2) is 0 Å². The van der Waals surface area contributed by atoms with Crippen molar-refractivity contribution in [2.45, 2.75) is 90.8 Å².